The number of nitrogens with one attached hydrogen (secondary N) is 1. The fourth-order valence-electron chi connectivity index (χ4n) is 5.78. The molecular formula is C30H33F3N4O6. The number of halogens is 3. The Balaban J connectivity index is 1.44. The average Bonchev–Trinajstić information content (AvgIpc) is 3.44. The normalized spacial score (nSPS) is 20.7. The Morgan fingerprint density at radius 3 is 2.51 bits per heavy atom. The van der Waals surface area contributed by atoms with E-state index < -0.39 is 29.8 Å². The van der Waals surface area contributed by atoms with Crippen LogP contribution in [0.1, 0.15) is 48.3 Å². The van der Waals surface area contributed by atoms with Gasteiger partial charge in [0.05, 0.1) is 23.8 Å². The summed E-state index contributed by atoms with van der Waals surface area (Å²) in [5, 5.41) is 2.61. The molecule has 2 aromatic carbocycles. The lowest BCUT2D eigenvalue weighted by molar-refractivity contribution is -0.141. The Labute approximate surface area is 247 Å². The highest BCUT2D eigenvalue weighted by Crippen LogP contribution is 2.40. The maximum atomic E-state index is 14.0. The lowest BCUT2D eigenvalue weighted by Gasteiger charge is -2.43. The summed E-state index contributed by atoms with van der Waals surface area (Å²) in [4.78, 5) is 45.1. The molecule has 1 saturated heterocycles. The van der Waals surface area contributed by atoms with Gasteiger partial charge in [-0.15, -0.1) is 0 Å². The Bertz CT molecular complexity index is 1450. The van der Waals surface area contributed by atoms with Crippen LogP contribution in [0.15, 0.2) is 53.7 Å². The molecule has 0 aromatic heterocycles. The molecule has 10 nitrogen and oxygen atoms in total. The number of hydrogen-bond donors (Lipinski definition) is 1. The number of esters is 1. The summed E-state index contributed by atoms with van der Waals surface area (Å²) >= 11 is 0. The molecule has 2 aromatic rings. The van der Waals surface area contributed by atoms with Crippen LogP contribution >= 0.6 is 0 Å². The molecule has 3 heterocycles. The third-order valence-corrected chi connectivity index (χ3v) is 7.79. The fourth-order valence-corrected chi connectivity index (χ4v) is 5.78. The highest BCUT2D eigenvalue weighted by Gasteiger charge is 2.43. The van der Waals surface area contributed by atoms with Crippen LogP contribution in [-0.4, -0.2) is 84.8 Å². The Morgan fingerprint density at radius 1 is 1.07 bits per heavy atom. The first-order chi connectivity index (χ1) is 20.5. The molecule has 2 atom stereocenters. The van der Waals surface area contributed by atoms with Crippen molar-refractivity contribution in [3.8, 4) is 11.5 Å². The molecule has 0 bridgehead atoms. The number of nitrogens with zero attached hydrogens (tertiary/aromatic N) is 3. The predicted molar refractivity (Wildman–Crippen MR) is 148 cm³/mol. The third-order valence-electron chi connectivity index (χ3n) is 7.79. The van der Waals surface area contributed by atoms with Gasteiger partial charge in [0.25, 0.3) is 5.91 Å². The van der Waals surface area contributed by atoms with Gasteiger partial charge in [-0.25, -0.2) is 9.59 Å². The molecule has 2 unspecified atom stereocenters. The monoisotopic (exact) mass is 602 g/mol. The number of piperazine rings is 1. The van der Waals surface area contributed by atoms with Crippen LogP contribution in [0, 0.1) is 0 Å². The molecule has 0 radical (unpaired) electrons. The Morgan fingerprint density at radius 2 is 1.81 bits per heavy atom. The largest absolute Gasteiger partial charge is 0.463 e. The van der Waals surface area contributed by atoms with Gasteiger partial charge in [0.15, 0.2) is 11.5 Å². The lowest BCUT2D eigenvalue weighted by atomic mass is 9.90. The maximum absolute atomic E-state index is 14.0. The second-order valence-corrected chi connectivity index (χ2v) is 10.4. The number of alkyl halides is 3. The summed E-state index contributed by atoms with van der Waals surface area (Å²) in [6.45, 7) is 6.75. The van der Waals surface area contributed by atoms with Crippen LogP contribution in [0.4, 0.5) is 18.0 Å². The van der Waals surface area contributed by atoms with E-state index in [1.54, 1.807) is 36.9 Å². The van der Waals surface area contributed by atoms with Gasteiger partial charge >= 0.3 is 18.2 Å². The van der Waals surface area contributed by atoms with Crippen LogP contribution in [0.5, 0.6) is 11.5 Å². The number of likely N-dealkylation sites (N-methyl/N-ethyl adjacent to an activating group) is 1. The Hall–Kier alpha value is -4.26. The number of ether oxygens (including phenoxy) is 3. The molecule has 1 fully saturated rings. The van der Waals surface area contributed by atoms with Gasteiger partial charge in [-0.2, -0.15) is 13.2 Å². The minimum absolute atomic E-state index is 0.000993. The first kappa shape index (κ1) is 30.2. The van der Waals surface area contributed by atoms with E-state index in [-0.39, 0.29) is 55.3 Å². The first-order valence-corrected chi connectivity index (χ1v) is 14.1. The molecule has 0 spiro atoms. The number of urea groups is 1. The van der Waals surface area contributed by atoms with Crippen LogP contribution in [0.2, 0.25) is 0 Å². The summed E-state index contributed by atoms with van der Waals surface area (Å²) < 4.78 is 58.1. The topological polar surface area (TPSA) is 101 Å². The first-order valence-electron chi connectivity index (χ1n) is 14.1. The summed E-state index contributed by atoms with van der Waals surface area (Å²) in [6, 6.07) is 7.68. The van der Waals surface area contributed by atoms with Crippen molar-refractivity contribution in [2.75, 3.05) is 46.1 Å². The zero-order valence-corrected chi connectivity index (χ0v) is 24.1. The van der Waals surface area contributed by atoms with Gasteiger partial charge in [-0.1, -0.05) is 18.2 Å². The minimum Gasteiger partial charge on any atom is -0.463 e. The van der Waals surface area contributed by atoms with Crippen molar-refractivity contribution in [2.24, 2.45) is 0 Å². The predicted octanol–water partition coefficient (Wildman–Crippen LogP) is 4.18. The van der Waals surface area contributed by atoms with Crippen molar-refractivity contribution in [1.29, 1.82) is 0 Å². The molecule has 0 saturated carbocycles. The third kappa shape index (κ3) is 5.99. The van der Waals surface area contributed by atoms with Crippen molar-refractivity contribution in [1.82, 2.24) is 20.0 Å². The second kappa shape index (κ2) is 12.2. The zero-order chi connectivity index (χ0) is 30.9. The number of rotatable bonds is 7. The van der Waals surface area contributed by atoms with Gasteiger partial charge in [-0.3, -0.25) is 14.6 Å². The van der Waals surface area contributed by atoms with Crippen LogP contribution in [0.25, 0.3) is 0 Å². The number of benzene rings is 2. The molecule has 43 heavy (non-hydrogen) atoms. The number of amides is 3. The number of fused-ring (bicyclic) bond motifs is 1. The van der Waals surface area contributed by atoms with E-state index in [0.717, 1.165) is 6.07 Å². The summed E-state index contributed by atoms with van der Waals surface area (Å²) in [6.07, 6.45) is -4.71. The molecule has 3 aliphatic rings. The minimum atomic E-state index is -4.71. The number of carbonyl (C=O) groups is 3. The number of hydrogen-bond acceptors (Lipinski definition) is 7. The SMILES string of the molecule is CCOC(=O)C1=C(CN2CCN(C(=O)c3ccc4c(c3)OCO4)C(C)C2)N(CC)C(=O)NC1c1ccccc1C(F)(F)F. The second-order valence-electron chi connectivity index (χ2n) is 10.4. The van der Waals surface area contributed by atoms with Crippen molar-refractivity contribution in [3.05, 3.63) is 70.4 Å². The standard InChI is InChI=1S/C30H33F3N4O6/c1-4-36-22(16-35-12-13-37(18(3)15-35)27(38)19-10-11-23-24(14-19)43-17-42-23)25(28(39)41-5-2)26(34-29(36)40)20-8-6-7-9-21(20)30(31,32)33/h6-11,14,18,26H,4-5,12-13,15-17H2,1-3H3,(H,34,40). The highest BCUT2D eigenvalue weighted by atomic mass is 19.4. The molecule has 5 rings (SSSR count). The molecule has 230 valence electrons. The molecule has 13 heteroatoms. The van der Waals surface area contributed by atoms with Crippen LogP contribution in [-0.2, 0) is 15.7 Å². The maximum Gasteiger partial charge on any atom is 0.416 e. The zero-order valence-electron chi connectivity index (χ0n) is 24.1. The average molecular weight is 603 g/mol. The van der Waals surface area contributed by atoms with E-state index in [9.17, 15) is 27.6 Å². The van der Waals surface area contributed by atoms with Gasteiger partial charge in [0.1, 0.15) is 0 Å². The molecule has 3 amide bonds. The van der Waals surface area contributed by atoms with Crippen LogP contribution < -0.4 is 14.8 Å². The van der Waals surface area contributed by atoms with E-state index in [1.165, 1.54) is 23.1 Å². The lowest BCUT2D eigenvalue weighted by Crippen LogP contribution is -2.56. The quantitative estimate of drug-likeness (QED) is 0.475. The van der Waals surface area contributed by atoms with Crippen molar-refractivity contribution >= 4 is 17.9 Å². The van der Waals surface area contributed by atoms with Crippen LogP contribution in [0.3, 0.4) is 0 Å². The van der Waals surface area contributed by atoms with E-state index in [2.05, 4.69) is 5.32 Å². The van der Waals surface area contributed by atoms with E-state index in [4.69, 9.17) is 14.2 Å². The van der Waals surface area contributed by atoms with Crippen molar-refractivity contribution in [3.63, 3.8) is 0 Å². The summed E-state index contributed by atoms with van der Waals surface area (Å²) in [5.41, 5.74) is -0.507. The van der Waals surface area contributed by atoms with E-state index in [1.807, 2.05) is 11.8 Å². The van der Waals surface area contributed by atoms with E-state index in [0.29, 0.717) is 36.7 Å². The molecular weight excluding hydrogens is 569 g/mol. The van der Waals surface area contributed by atoms with Gasteiger partial charge < -0.3 is 24.4 Å². The smallest absolute Gasteiger partial charge is 0.416 e. The molecule has 1 N–H and O–H groups in total. The van der Waals surface area contributed by atoms with Gasteiger partial charge in [0.2, 0.25) is 6.79 Å². The summed E-state index contributed by atoms with van der Waals surface area (Å²) in [7, 11) is 0. The summed E-state index contributed by atoms with van der Waals surface area (Å²) in [5.74, 6) is 0.108. The van der Waals surface area contributed by atoms with Crippen molar-refractivity contribution in [2.45, 2.75) is 39.0 Å². The fraction of sp³-hybridized carbons (Fsp3) is 0.433. The molecule has 3 aliphatic heterocycles. The number of carbonyl (C=O) groups excluding carboxylic acids is 3. The highest BCUT2D eigenvalue weighted by molar-refractivity contribution is 5.96. The molecule has 0 aliphatic carbocycles. The van der Waals surface area contributed by atoms with Gasteiger partial charge in [0, 0.05) is 50.0 Å². The Kier molecular flexibility index (Phi) is 8.54. The van der Waals surface area contributed by atoms with Crippen molar-refractivity contribution < 1.29 is 41.8 Å². The van der Waals surface area contributed by atoms with Gasteiger partial charge in [-0.05, 0) is 50.6 Å². The van der Waals surface area contributed by atoms with E-state index >= 15 is 0 Å².